The number of phenolic OH excluding ortho intramolecular Hbond substituents is 3. The summed E-state index contributed by atoms with van der Waals surface area (Å²) in [6.07, 6.45) is -5.94. The molecule has 0 saturated carbocycles. The molecule has 8 N–H and O–H groups in total. The molecule has 2 aromatic carbocycles. The maximum absolute atomic E-state index is 13.6. The molecule has 0 bridgehead atoms. The van der Waals surface area contributed by atoms with Gasteiger partial charge in [0, 0.05) is 12.3 Å². The van der Waals surface area contributed by atoms with Crippen molar-refractivity contribution in [2.75, 3.05) is 0 Å². The number of carbonyl (C=O) groups is 3. The summed E-state index contributed by atoms with van der Waals surface area (Å²) in [5.41, 5.74) is -6.20. The lowest BCUT2D eigenvalue weighted by molar-refractivity contribution is -0.206. The molecule has 1 heterocycles. The molecule has 0 amide bonds. The number of carbonyl (C=O) groups excluding carboxylic acids is 3. The van der Waals surface area contributed by atoms with Gasteiger partial charge in [-0.3, -0.25) is 14.4 Å². The molecule has 12 nitrogen and oxygen atoms in total. The van der Waals surface area contributed by atoms with Crippen LogP contribution >= 0.6 is 0 Å². The predicted octanol–water partition coefficient (Wildman–Crippen LogP) is 0.349. The third-order valence-corrected chi connectivity index (χ3v) is 8.25. The highest BCUT2D eigenvalue weighted by molar-refractivity contribution is 6.25. The summed E-state index contributed by atoms with van der Waals surface area (Å²) in [5.74, 6) is -8.25. The Bertz CT molecular complexity index is 1500. The van der Waals surface area contributed by atoms with Crippen LogP contribution < -0.4 is 0 Å². The number of hydrogen-bond acceptors (Lipinski definition) is 12. The van der Waals surface area contributed by atoms with Crippen LogP contribution in [0.25, 0.3) is 10.8 Å². The van der Waals surface area contributed by atoms with Crippen molar-refractivity contribution in [3.05, 3.63) is 40.2 Å². The number of rotatable bonds is 2. The van der Waals surface area contributed by atoms with E-state index >= 15 is 0 Å². The number of ketones is 3. The second-order valence-corrected chi connectivity index (χ2v) is 10.8. The Hall–Kier alpha value is -3.55. The van der Waals surface area contributed by atoms with E-state index in [9.17, 15) is 55.2 Å². The number of aliphatic hydroxyl groups excluding tert-OH is 3. The van der Waals surface area contributed by atoms with Crippen LogP contribution in [0.1, 0.15) is 54.8 Å². The van der Waals surface area contributed by atoms with Crippen LogP contribution in [0.4, 0.5) is 0 Å². The number of aromatic hydroxyl groups is 3. The quantitative estimate of drug-likeness (QED) is 0.240. The van der Waals surface area contributed by atoms with Crippen molar-refractivity contribution in [2.24, 2.45) is 5.92 Å². The number of hydrogen-bond donors (Lipinski definition) is 8. The van der Waals surface area contributed by atoms with E-state index in [1.54, 1.807) is 0 Å². The average Bonchev–Trinajstić information content (AvgIpc) is 2.82. The van der Waals surface area contributed by atoms with Gasteiger partial charge in [0.15, 0.2) is 17.2 Å². The van der Waals surface area contributed by atoms with Crippen molar-refractivity contribution in [2.45, 2.75) is 69.2 Å². The van der Waals surface area contributed by atoms with Gasteiger partial charge in [0.1, 0.15) is 40.8 Å². The zero-order valence-corrected chi connectivity index (χ0v) is 21.2. The van der Waals surface area contributed by atoms with Gasteiger partial charge in [0.25, 0.3) is 0 Å². The topological polar surface area (TPSA) is 222 Å². The molecule has 0 radical (unpaired) electrons. The van der Waals surface area contributed by atoms with E-state index in [0.717, 1.165) is 6.92 Å². The first-order valence-corrected chi connectivity index (χ1v) is 12.3. The molecule has 7 atom stereocenters. The van der Waals surface area contributed by atoms with E-state index in [0.29, 0.717) is 0 Å². The van der Waals surface area contributed by atoms with Crippen LogP contribution in [0, 0.1) is 5.92 Å². The molecular weight excluding hydrogens is 516 g/mol. The summed E-state index contributed by atoms with van der Waals surface area (Å²) in [5, 5.41) is 86.5. The zero-order valence-electron chi connectivity index (χ0n) is 21.2. The van der Waals surface area contributed by atoms with Crippen LogP contribution in [0.15, 0.2) is 23.5 Å². The third kappa shape index (κ3) is 3.52. The lowest BCUT2D eigenvalue weighted by atomic mass is 9.62. The van der Waals surface area contributed by atoms with Gasteiger partial charge in [-0.1, -0.05) is 0 Å². The van der Waals surface area contributed by atoms with E-state index < -0.39 is 99.5 Å². The molecule has 0 aromatic heterocycles. The van der Waals surface area contributed by atoms with Crippen molar-refractivity contribution in [3.63, 3.8) is 0 Å². The molecule has 39 heavy (non-hydrogen) atoms. The molecule has 1 aliphatic heterocycles. The van der Waals surface area contributed by atoms with Crippen LogP contribution in [-0.2, 0) is 20.7 Å². The van der Waals surface area contributed by atoms with Crippen LogP contribution in [-0.4, -0.2) is 87.7 Å². The second kappa shape index (κ2) is 8.47. The maximum Gasteiger partial charge on any atom is 0.206 e. The molecule has 2 aromatic rings. The van der Waals surface area contributed by atoms with Gasteiger partial charge < -0.3 is 45.6 Å². The minimum Gasteiger partial charge on any atom is -0.508 e. The zero-order chi connectivity index (χ0) is 28.9. The molecule has 12 heteroatoms. The lowest BCUT2D eigenvalue weighted by Crippen LogP contribution is -2.61. The SMILES string of the molecule is CC(=O)C1=C(O)[C@@]2(O)C(=O)c3c(cc4cc(O)c([C@H]5C[C@](C)(O)[C@H](O)[C@@H](C)O5)c(O)c4c3O)C[C@H]2[C@H](O)C1=O. The molecule has 1 saturated heterocycles. The van der Waals surface area contributed by atoms with E-state index in [1.165, 1.54) is 26.0 Å². The summed E-state index contributed by atoms with van der Waals surface area (Å²) in [4.78, 5) is 38.2. The maximum atomic E-state index is 13.6. The summed E-state index contributed by atoms with van der Waals surface area (Å²) < 4.78 is 5.71. The first kappa shape index (κ1) is 27.0. The van der Waals surface area contributed by atoms with Crippen molar-refractivity contribution in [3.8, 4) is 17.2 Å². The van der Waals surface area contributed by atoms with Crippen molar-refractivity contribution >= 4 is 28.1 Å². The minimum atomic E-state index is -2.92. The molecule has 2 aliphatic carbocycles. The van der Waals surface area contributed by atoms with Gasteiger partial charge in [0.05, 0.1) is 34.3 Å². The summed E-state index contributed by atoms with van der Waals surface area (Å²) in [6, 6.07) is 2.49. The molecular formula is C27H28O12. The van der Waals surface area contributed by atoms with Crippen LogP contribution in [0.3, 0.4) is 0 Å². The molecule has 0 spiro atoms. The van der Waals surface area contributed by atoms with Gasteiger partial charge in [-0.05, 0) is 50.3 Å². The van der Waals surface area contributed by atoms with Crippen molar-refractivity contribution in [1.29, 1.82) is 0 Å². The molecule has 5 rings (SSSR count). The first-order chi connectivity index (χ1) is 18.0. The number of phenols is 3. The fourth-order valence-corrected chi connectivity index (χ4v) is 6.22. The predicted molar refractivity (Wildman–Crippen MR) is 131 cm³/mol. The highest BCUT2D eigenvalue weighted by Crippen LogP contribution is 2.53. The molecule has 208 valence electrons. The van der Waals surface area contributed by atoms with E-state index in [4.69, 9.17) is 4.74 Å². The fourth-order valence-electron chi connectivity index (χ4n) is 6.22. The van der Waals surface area contributed by atoms with E-state index in [1.807, 2.05) is 0 Å². The Kier molecular flexibility index (Phi) is 5.87. The monoisotopic (exact) mass is 544 g/mol. The second-order valence-electron chi connectivity index (χ2n) is 10.8. The van der Waals surface area contributed by atoms with Crippen molar-refractivity contribution in [1.82, 2.24) is 0 Å². The number of fused-ring (bicyclic) bond motifs is 3. The standard InChI is InChI=1S/C27H28O12/c1-8(28)15-22(33)19(30)12-5-10-4-11-6-13(29)18(14-7-26(3,37)23(34)9(2)39-14)21(32)16(11)20(31)17(10)25(36)27(12,38)24(15)35/h4,6,9,12,14,19,23,29-32,34-35,37-38H,5,7H2,1-3H3/t9-,12+,14-,19+,23-,26+,27-/m1/s1. The van der Waals surface area contributed by atoms with Crippen LogP contribution in [0.5, 0.6) is 17.2 Å². The normalized spacial score (nSPS) is 34.7. The number of aliphatic hydroxyl groups is 5. The lowest BCUT2D eigenvalue weighted by Gasteiger charge is -2.44. The third-order valence-electron chi connectivity index (χ3n) is 8.25. The Morgan fingerprint density at radius 1 is 1.05 bits per heavy atom. The molecule has 0 unspecified atom stereocenters. The fraction of sp³-hybridized carbons (Fsp3) is 0.444. The van der Waals surface area contributed by atoms with Gasteiger partial charge in [-0.15, -0.1) is 0 Å². The van der Waals surface area contributed by atoms with Gasteiger partial charge in [-0.25, -0.2) is 0 Å². The number of Topliss-reactive ketones (excluding diaryl/α,β-unsaturated/α-hetero) is 3. The van der Waals surface area contributed by atoms with Crippen LogP contribution in [0.2, 0.25) is 0 Å². The number of benzene rings is 2. The highest BCUT2D eigenvalue weighted by Gasteiger charge is 2.61. The summed E-state index contributed by atoms with van der Waals surface area (Å²) in [7, 11) is 0. The van der Waals surface area contributed by atoms with E-state index in [-0.39, 0.29) is 28.3 Å². The highest BCUT2D eigenvalue weighted by atomic mass is 16.5. The van der Waals surface area contributed by atoms with Gasteiger partial charge in [0.2, 0.25) is 5.78 Å². The Morgan fingerprint density at radius 3 is 2.28 bits per heavy atom. The largest absolute Gasteiger partial charge is 0.508 e. The smallest absolute Gasteiger partial charge is 0.206 e. The van der Waals surface area contributed by atoms with Gasteiger partial charge >= 0.3 is 0 Å². The van der Waals surface area contributed by atoms with Crippen molar-refractivity contribution < 1.29 is 60.0 Å². The summed E-state index contributed by atoms with van der Waals surface area (Å²) in [6.45, 7) is 3.77. The Balaban J connectivity index is 1.72. The Labute approximate surface area is 221 Å². The molecule has 3 aliphatic rings. The minimum absolute atomic E-state index is 0.0470. The number of ether oxygens (including phenoxy) is 1. The van der Waals surface area contributed by atoms with E-state index in [2.05, 4.69) is 0 Å². The molecule has 1 fully saturated rings. The Morgan fingerprint density at radius 2 is 1.69 bits per heavy atom. The first-order valence-electron chi connectivity index (χ1n) is 12.3. The summed E-state index contributed by atoms with van der Waals surface area (Å²) >= 11 is 0. The average molecular weight is 545 g/mol. The van der Waals surface area contributed by atoms with Gasteiger partial charge in [-0.2, -0.15) is 0 Å².